The third kappa shape index (κ3) is 5.20. The van der Waals surface area contributed by atoms with E-state index in [0.717, 1.165) is 42.7 Å². The molecule has 0 saturated carbocycles. The molecule has 0 spiro atoms. The molecule has 2 N–H and O–H groups in total. The number of nitrogens with zero attached hydrogens (tertiary/aromatic N) is 1. The summed E-state index contributed by atoms with van der Waals surface area (Å²) in [4.78, 5) is 25.2. The number of carbonyl (C=O) groups excluding carboxylic acids is 2. The predicted octanol–water partition coefficient (Wildman–Crippen LogP) is 1.64. The molecular formula is C18H25N3O3S. The Kier molecular flexibility index (Phi) is 6.34. The van der Waals surface area contributed by atoms with Crippen molar-refractivity contribution in [2.24, 2.45) is 0 Å². The molecule has 1 aromatic rings. The van der Waals surface area contributed by atoms with Crippen molar-refractivity contribution in [3.8, 4) is 5.75 Å². The molecule has 3 rings (SSSR count). The second-order valence-electron chi connectivity index (χ2n) is 6.54. The van der Waals surface area contributed by atoms with E-state index in [9.17, 15) is 9.59 Å². The SMILES string of the molecule is CN(CCOc1ccc(CC2SC(=O)NC2=O)cc1)C1CCNCC1. The van der Waals surface area contributed by atoms with Crippen LogP contribution in [0.5, 0.6) is 5.75 Å². The van der Waals surface area contributed by atoms with Crippen LogP contribution in [0.3, 0.4) is 0 Å². The molecule has 0 bridgehead atoms. The Morgan fingerprint density at radius 1 is 1.20 bits per heavy atom. The number of thioether (sulfide) groups is 1. The lowest BCUT2D eigenvalue weighted by Crippen LogP contribution is -2.42. The third-order valence-electron chi connectivity index (χ3n) is 4.76. The summed E-state index contributed by atoms with van der Waals surface area (Å²) in [6.07, 6.45) is 2.95. The van der Waals surface area contributed by atoms with E-state index < -0.39 is 0 Å². The molecule has 2 aliphatic heterocycles. The second kappa shape index (κ2) is 8.69. The minimum atomic E-state index is -0.321. The second-order valence-corrected chi connectivity index (χ2v) is 7.72. The van der Waals surface area contributed by atoms with Crippen LogP contribution in [-0.4, -0.2) is 60.6 Å². The van der Waals surface area contributed by atoms with Gasteiger partial charge in [-0.15, -0.1) is 0 Å². The van der Waals surface area contributed by atoms with E-state index in [1.165, 1.54) is 12.8 Å². The van der Waals surface area contributed by atoms with Crippen LogP contribution in [-0.2, 0) is 11.2 Å². The van der Waals surface area contributed by atoms with E-state index in [0.29, 0.717) is 19.1 Å². The minimum absolute atomic E-state index is 0.198. The normalized spacial score (nSPS) is 21.6. The van der Waals surface area contributed by atoms with Gasteiger partial charge in [-0.2, -0.15) is 0 Å². The van der Waals surface area contributed by atoms with Crippen molar-refractivity contribution in [3.63, 3.8) is 0 Å². The molecule has 0 aliphatic carbocycles. The molecule has 0 radical (unpaired) electrons. The van der Waals surface area contributed by atoms with E-state index in [4.69, 9.17) is 4.74 Å². The summed E-state index contributed by atoms with van der Waals surface area (Å²) in [5, 5.41) is 5.12. The standard InChI is InChI=1S/C18H25N3O3S/c1-21(14-6-8-19-9-7-14)10-11-24-15-4-2-13(3-5-15)12-16-17(22)20-18(23)25-16/h2-5,14,16,19H,6-12H2,1H3,(H,20,22,23). The van der Waals surface area contributed by atoms with E-state index in [1.54, 1.807) is 0 Å². The quantitative estimate of drug-likeness (QED) is 0.768. The first-order valence-corrected chi connectivity index (χ1v) is 9.64. The van der Waals surface area contributed by atoms with Crippen LogP contribution in [0.1, 0.15) is 18.4 Å². The van der Waals surface area contributed by atoms with Gasteiger partial charge in [0.05, 0.1) is 5.25 Å². The summed E-state index contributed by atoms with van der Waals surface area (Å²) in [5.41, 5.74) is 1.03. The number of likely N-dealkylation sites (N-methyl/N-ethyl adjacent to an activating group) is 1. The van der Waals surface area contributed by atoms with Crippen molar-refractivity contribution in [1.29, 1.82) is 0 Å². The first-order chi connectivity index (χ1) is 12.1. The van der Waals surface area contributed by atoms with Crippen molar-refractivity contribution in [2.45, 2.75) is 30.6 Å². The van der Waals surface area contributed by atoms with Crippen molar-refractivity contribution in [1.82, 2.24) is 15.5 Å². The maximum absolute atomic E-state index is 11.6. The van der Waals surface area contributed by atoms with Crippen molar-refractivity contribution in [2.75, 3.05) is 33.3 Å². The molecule has 2 aliphatic rings. The smallest absolute Gasteiger partial charge is 0.286 e. The molecule has 1 atom stereocenters. The van der Waals surface area contributed by atoms with Gasteiger partial charge >= 0.3 is 0 Å². The van der Waals surface area contributed by atoms with Gasteiger partial charge in [0.1, 0.15) is 12.4 Å². The monoisotopic (exact) mass is 363 g/mol. The van der Waals surface area contributed by atoms with Crippen LogP contribution in [0.4, 0.5) is 4.79 Å². The highest BCUT2D eigenvalue weighted by Crippen LogP contribution is 2.23. The molecule has 6 nitrogen and oxygen atoms in total. The van der Waals surface area contributed by atoms with Gasteiger partial charge < -0.3 is 10.1 Å². The van der Waals surface area contributed by atoms with Gasteiger partial charge in [0.25, 0.3) is 5.24 Å². The van der Waals surface area contributed by atoms with Crippen molar-refractivity contribution < 1.29 is 14.3 Å². The fourth-order valence-electron chi connectivity index (χ4n) is 3.20. The molecule has 1 aromatic carbocycles. The van der Waals surface area contributed by atoms with Gasteiger partial charge in [0.15, 0.2) is 0 Å². The average Bonchev–Trinajstić information content (AvgIpc) is 2.94. The molecule has 2 fully saturated rings. The minimum Gasteiger partial charge on any atom is -0.492 e. The van der Waals surface area contributed by atoms with Gasteiger partial charge in [-0.1, -0.05) is 23.9 Å². The van der Waals surface area contributed by atoms with Crippen LogP contribution in [0, 0.1) is 0 Å². The zero-order chi connectivity index (χ0) is 17.6. The van der Waals surface area contributed by atoms with Crippen LogP contribution < -0.4 is 15.4 Å². The number of hydrogen-bond donors (Lipinski definition) is 2. The molecule has 136 valence electrons. The average molecular weight is 363 g/mol. The van der Waals surface area contributed by atoms with E-state index in [-0.39, 0.29) is 16.4 Å². The summed E-state index contributed by atoms with van der Waals surface area (Å²) in [6, 6.07) is 8.42. The number of ether oxygens (including phenoxy) is 1. The van der Waals surface area contributed by atoms with E-state index >= 15 is 0 Å². The number of benzene rings is 1. The topological polar surface area (TPSA) is 70.7 Å². The third-order valence-corrected chi connectivity index (χ3v) is 5.74. The van der Waals surface area contributed by atoms with Gasteiger partial charge in [0, 0.05) is 12.6 Å². The first-order valence-electron chi connectivity index (χ1n) is 8.76. The van der Waals surface area contributed by atoms with Gasteiger partial charge in [-0.25, -0.2) is 0 Å². The van der Waals surface area contributed by atoms with Gasteiger partial charge in [-0.05, 0) is 57.1 Å². The maximum atomic E-state index is 11.6. The summed E-state index contributed by atoms with van der Waals surface area (Å²) < 4.78 is 5.83. The fourth-order valence-corrected chi connectivity index (χ4v) is 4.06. The number of amides is 2. The van der Waals surface area contributed by atoms with Crippen LogP contribution in [0.25, 0.3) is 0 Å². The maximum Gasteiger partial charge on any atom is 0.286 e. The Bertz CT molecular complexity index is 602. The molecule has 25 heavy (non-hydrogen) atoms. The Morgan fingerprint density at radius 3 is 2.56 bits per heavy atom. The number of hydrogen-bond acceptors (Lipinski definition) is 6. The zero-order valence-corrected chi connectivity index (χ0v) is 15.3. The molecule has 2 saturated heterocycles. The summed E-state index contributed by atoms with van der Waals surface area (Å²) in [5.74, 6) is 0.637. The Hall–Kier alpha value is -1.57. The zero-order valence-electron chi connectivity index (χ0n) is 14.5. The number of carbonyl (C=O) groups is 2. The lowest BCUT2D eigenvalue weighted by atomic mass is 10.1. The molecule has 1 unspecified atom stereocenters. The first kappa shape index (κ1) is 18.2. The lowest BCUT2D eigenvalue weighted by Gasteiger charge is -2.31. The highest BCUT2D eigenvalue weighted by Gasteiger charge is 2.31. The number of rotatable bonds is 7. The summed E-state index contributed by atoms with van der Waals surface area (Å²) >= 11 is 1.06. The fraction of sp³-hybridized carbons (Fsp3) is 0.556. The van der Waals surface area contributed by atoms with Crippen LogP contribution in [0.15, 0.2) is 24.3 Å². The largest absolute Gasteiger partial charge is 0.492 e. The van der Waals surface area contributed by atoms with Gasteiger partial charge in [0.2, 0.25) is 5.91 Å². The van der Waals surface area contributed by atoms with E-state index in [1.807, 2.05) is 24.3 Å². The molecule has 2 heterocycles. The van der Waals surface area contributed by atoms with Crippen LogP contribution in [0.2, 0.25) is 0 Å². The number of piperidine rings is 1. The summed E-state index contributed by atoms with van der Waals surface area (Å²) in [6.45, 7) is 3.77. The molecule has 0 aromatic heterocycles. The van der Waals surface area contributed by atoms with Crippen LogP contribution >= 0.6 is 11.8 Å². The van der Waals surface area contributed by atoms with Gasteiger partial charge in [-0.3, -0.25) is 19.8 Å². The Morgan fingerprint density at radius 2 is 1.92 bits per heavy atom. The van der Waals surface area contributed by atoms with E-state index in [2.05, 4.69) is 22.6 Å². The summed E-state index contributed by atoms with van der Waals surface area (Å²) in [7, 11) is 2.16. The number of imide groups is 1. The Balaban J connectivity index is 1.41. The number of nitrogens with one attached hydrogen (secondary N) is 2. The molecule has 2 amide bonds. The lowest BCUT2D eigenvalue weighted by molar-refractivity contribution is -0.118. The highest BCUT2D eigenvalue weighted by molar-refractivity contribution is 8.15. The Labute approximate surface area is 152 Å². The molecular weight excluding hydrogens is 338 g/mol. The predicted molar refractivity (Wildman–Crippen MR) is 99.1 cm³/mol. The highest BCUT2D eigenvalue weighted by atomic mass is 32.2. The van der Waals surface area contributed by atoms with Crippen molar-refractivity contribution >= 4 is 22.9 Å². The van der Waals surface area contributed by atoms with Crippen molar-refractivity contribution in [3.05, 3.63) is 29.8 Å². The molecule has 7 heteroatoms.